The second-order valence-corrected chi connectivity index (χ2v) is 7.74. The zero-order chi connectivity index (χ0) is 13.3. The van der Waals surface area contributed by atoms with Gasteiger partial charge < -0.3 is 5.11 Å². The second-order valence-electron chi connectivity index (χ2n) is 5.48. The number of carbonyl (C=O) groups is 1. The largest absolute Gasteiger partial charge is 0.481 e. The first kappa shape index (κ1) is 13.8. The van der Waals surface area contributed by atoms with Crippen LogP contribution in [0.4, 0.5) is 0 Å². The molecule has 2 fully saturated rings. The molecule has 5 nitrogen and oxygen atoms in total. The lowest BCUT2D eigenvalue weighted by Gasteiger charge is -2.32. The summed E-state index contributed by atoms with van der Waals surface area (Å²) in [5.41, 5.74) is 0. The number of sulfone groups is 1. The molecular weight excluding hydrogens is 254 g/mol. The molecule has 104 valence electrons. The zero-order valence-corrected chi connectivity index (χ0v) is 11.5. The summed E-state index contributed by atoms with van der Waals surface area (Å²) in [6.45, 7) is 0.483. The lowest BCUT2D eigenvalue weighted by atomic mass is 10.2. The molecule has 0 radical (unpaired) electrons. The molecule has 0 amide bonds. The fraction of sp³-hybridized carbons (Fsp3) is 0.917. The van der Waals surface area contributed by atoms with Crippen molar-refractivity contribution in [2.45, 2.75) is 55.9 Å². The molecule has 2 aliphatic rings. The maximum Gasteiger partial charge on any atom is 0.304 e. The van der Waals surface area contributed by atoms with E-state index in [0.29, 0.717) is 12.6 Å². The molecule has 0 bridgehead atoms. The van der Waals surface area contributed by atoms with Crippen LogP contribution in [0.25, 0.3) is 0 Å². The van der Waals surface area contributed by atoms with Gasteiger partial charge in [-0.2, -0.15) is 0 Å². The number of carboxylic acids is 1. The Morgan fingerprint density at radius 2 is 1.94 bits per heavy atom. The number of carboxylic acid groups (broad SMARTS) is 1. The van der Waals surface area contributed by atoms with Crippen LogP contribution in [0.5, 0.6) is 0 Å². The Bertz CT molecular complexity index is 416. The van der Waals surface area contributed by atoms with E-state index in [1.165, 1.54) is 6.26 Å². The van der Waals surface area contributed by atoms with Crippen LogP contribution in [0.3, 0.4) is 0 Å². The molecule has 0 aromatic carbocycles. The first-order valence-electron chi connectivity index (χ1n) is 6.56. The summed E-state index contributed by atoms with van der Waals surface area (Å²) in [7, 11) is -3.03. The fourth-order valence-electron chi connectivity index (χ4n) is 3.04. The van der Waals surface area contributed by atoms with Crippen molar-refractivity contribution >= 4 is 15.8 Å². The number of aliphatic carboxylic acids is 1. The monoisotopic (exact) mass is 275 g/mol. The van der Waals surface area contributed by atoms with Gasteiger partial charge in [0.25, 0.3) is 0 Å². The van der Waals surface area contributed by atoms with Crippen LogP contribution in [0, 0.1) is 0 Å². The molecule has 2 unspecified atom stereocenters. The van der Waals surface area contributed by atoms with E-state index in [1.807, 2.05) is 0 Å². The molecule has 0 saturated heterocycles. The maximum absolute atomic E-state index is 11.8. The van der Waals surface area contributed by atoms with E-state index >= 15 is 0 Å². The number of hydrogen-bond donors (Lipinski definition) is 1. The van der Waals surface area contributed by atoms with Crippen molar-refractivity contribution in [1.82, 2.24) is 4.90 Å². The lowest BCUT2D eigenvalue weighted by Crippen LogP contribution is -2.45. The Morgan fingerprint density at radius 3 is 2.44 bits per heavy atom. The van der Waals surface area contributed by atoms with Crippen molar-refractivity contribution in [2.75, 3.05) is 12.8 Å². The van der Waals surface area contributed by atoms with E-state index in [2.05, 4.69) is 4.90 Å². The summed E-state index contributed by atoms with van der Waals surface area (Å²) in [6.07, 6.45) is 6.09. The molecule has 0 aliphatic heterocycles. The second kappa shape index (κ2) is 5.17. The summed E-state index contributed by atoms with van der Waals surface area (Å²) >= 11 is 0. The van der Waals surface area contributed by atoms with Crippen LogP contribution in [-0.4, -0.2) is 54.5 Å². The minimum Gasteiger partial charge on any atom is -0.481 e. The van der Waals surface area contributed by atoms with Crippen LogP contribution < -0.4 is 0 Å². The maximum atomic E-state index is 11.8. The van der Waals surface area contributed by atoms with Gasteiger partial charge in [-0.05, 0) is 25.7 Å². The number of hydrogen-bond acceptors (Lipinski definition) is 4. The predicted molar refractivity (Wildman–Crippen MR) is 68.3 cm³/mol. The first-order chi connectivity index (χ1) is 8.39. The van der Waals surface area contributed by atoms with Gasteiger partial charge in [0.15, 0.2) is 9.84 Å². The van der Waals surface area contributed by atoms with Crippen molar-refractivity contribution in [3.63, 3.8) is 0 Å². The van der Waals surface area contributed by atoms with Crippen molar-refractivity contribution in [3.8, 4) is 0 Å². The van der Waals surface area contributed by atoms with E-state index in [-0.39, 0.29) is 17.7 Å². The summed E-state index contributed by atoms with van der Waals surface area (Å²) in [4.78, 5) is 12.8. The zero-order valence-electron chi connectivity index (χ0n) is 10.7. The lowest BCUT2D eigenvalue weighted by molar-refractivity contribution is -0.137. The van der Waals surface area contributed by atoms with Gasteiger partial charge in [-0.3, -0.25) is 9.69 Å². The van der Waals surface area contributed by atoms with Crippen molar-refractivity contribution in [2.24, 2.45) is 0 Å². The first-order valence-corrected chi connectivity index (χ1v) is 8.51. The SMILES string of the molecule is CS(=O)(=O)C1CCCC1N(CCC(=O)O)C1CC1. The summed E-state index contributed by atoms with van der Waals surface area (Å²) in [5.74, 6) is -0.811. The Labute approximate surface area is 108 Å². The van der Waals surface area contributed by atoms with Gasteiger partial charge in [0, 0.05) is 24.9 Å². The van der Waals surface area contributed by atoms with Crippen LogP contribution in [0.1, 0.15) is 38.5 Å². The molecule has 0 heterocycles. The highest BCUT2D eigenvalue weighted by Crippen LogP contribution is 2.36. The molecule has 2 saturated carbocycles. The minimum atomic E-state index is -3.03. The Balaban J connectivity index is 2.07. The van der Waals surface area contributed by atoms with Gasteiger partial charge in [0.1, 0.15) is 0 Å². The molecule has 2 rings (SSSR count). The Kier molecular flexibility index (Phi) is 3.96. The van der Waals surface area contributed by atoms with Crippen LogP contribution in [0.2, 0.25) is 0 Å². The average Bonchev–Trinajstić information content (AvgIpc) is 2.93. The molecule has 2 atom stereocenters. The molecule has 2 aliphatic carbocycles. The quantitative estimate of drug-likeness (QED) is 0.779. The topological polar surface area (TPSA) is 74.7 Å². The molecule has 0 spiro atoms. The molecular formula is C12H21NO4S. The van der Waals surface area contributed by atoms with E-state index < -0.39 is 15.8 Å². The van der Waals surface area contributed by atoms with Crippen molar-refractivity contribution in [1.29, 1.82) is 0 Å². The third-order valence-electron chi connectivity index (χ3n) is 3.99. The predicted octanol–water partition coefficient (Wildman–Crippen LogP) is 0.891. The summed E-state index contributed by atoms with van der Waals surface area (Å²) in [6, 6.07) is 0.448. The smallest absolute Gasteiger partial charge is 0.304 e. The van der Waals surface area contributed by atoms with E-state index in [4.69, 9.17) is 5.11 Å². The highest BCUT2D eigenvalue weighted by molar-refractivity contribution is 7.91. The minimum absolute atomic E-state index is 0.0341. The number of rotatable bonds is 6. The summed E-state index contributed by atoms with van der Waals surface area (Å²) < 4.78 is 23.6. The van der Waals surface area contributed by atoms with E-state index in [1.54, 1.807) is 0 Å². The molecule has 0 aromatic rings. The molecule has 1 N–H and O–H groups in total. The van der Waals surface area contributed by atoms with Gasteiger partial charge >= 0.3 is 5.97 Å². The average molecular weight is 275 g/mol. The van der Waals surface area contributed by atoms with Gasteiger partial charge in [0.2, 0.25) is 0 Å². The molecule has 0 aromatic heterocycles. The van der Waals surface area contributed by atoms with Crippen molar-refractivity contribution in [3.05, 3.63) is 0 Å². The van der Waals surface area contributed by atoms with Crippen molar-refractivity contribution < 1.29 is 18.3 Å². The van der Waals surface area contributed by atoms with E-state index in [0.717, 1.165) is 32.1 Å². The highest BCUT2D eigenvalue weighted by atomic mass is 32.2. The third-order valence-corrected chi connectivity index (χ3v) is 5.64. The van der Waals surface area contributed by atoms with Gasteiger partial charge in [-0.15, -0.1) is 0 Å². The highest BCUT2D eigenvalue weighted by Gasteiger charge is 2.43. The third kappa shape index (κ3) is 3.23. The Morgan fingerprint density at radius 1 is 1.28 bits per heavy atom. The van der Waals surface area contributed by atoms with Gasteiger partial charge in [-0.25, -0.2) is 8.42 Å². The molecule has 6 heteroatoms. The standard InChI is InChI=1S/C12H21NO4S/c1-18(16,17)11-4-2-3-10(11)13(9-5-6-9)8-7-12(14)15/h9-11H,2-8H2,1H3,(H,14,15). The van der Waals surface area contributed by atoms with E-state index in [9.17, 15) is 13.2 Å². The summed E-state index contributed by atoms with van der Waals surface area (Å²) in [5, 5.41) is 8.49. The normalized spacial score (nSPS) is 28.8. The fourth-order valence-corrected chi connectivity index (χ4v) is 4.49. The van der Waals surface area contributed by atoms with Crippen LogP contribution >= 0.6 is 0 Å². The van der Waals surface area contributed by atoms with Crippen LogP contribution in [0.15, 0.2) is 0 Å². The van der Waals surface area contributed by atoms with Gasteiger partial charge in [0.05, 0.1) is 11.7 Å². The van der Waals surface area contributed by atoms with Crippen LogP contribution in [-0.2, 0) is 14.6 Å². The molecule has 18 heavy (non-hydrogen) atoms. The van der Waals surface area contributed by atoms with Gasteiger partial charge in [-0.1, -0.05) is 6.42 Å². The number of nitrogens with zero attached hydrogens (tertiary/aromatic N) is 1. The Hall–Kier alpha value is -0.620.